The molecule has 1 N–H and O–H groups in total. The Morgan fingerprint density at radius 3 is 2.53 bits per heavy atom. The van der Waals surface area contributed by atoms with Crippen molar-refractivity contribution in [3.63, 3.8) is 0 Å². The molecule has 0 bridgehead atoms. The SMILES string of the molecule is CC(Br)CCCNC(=O)C(C)c1ccccc1. The van der Waals surface area contributed by atoms with Gasteiger partial charge in [-0.3, -0.25) is 4.79 Å². The zero-order chi connectivity index (χ0) is 12.7. The Labute approximate surface area is 112 Å². The standard InChI is InChI=1S/C14H20BrNO/c1-11(15)7-6-10-16-14(17)12(2)13-8-4-3-5-9-13/h3-5,8-9,11-12H,6-7,10H2,1-2H3,(H,16,17). The number of amides is 1. The summed E-state index contributed by atoms with van der Waals surface area (Å²) in [6.07, 6.45) is 2.10. The molecule has 2 unspecified atom stereocenters. The second kappa shape index (κ2) is 7.49. The smallest absolute Gasteiger partial charge is 0.227 e. The molecule has 0 aliphatic rings. The van der Waals surface area contributed by atoms with Gasteiger partial charge in [-0.2, -0.15) is 0 Å². The largest absolute Gasteiger partial charge is 0.356 e. The minimum Gasteiger partial charge on any atom is -0.356 e. The summed E-state index contributed by atoms with van der Waals surface area (Å²) >= 11 is 3.49. The van der Waals surface area contributed by atoms with E-state index < -0.39 is 0 Å². The van der Waals surface area contributed by atoms with Gasteiger partial charge in [-0.1, -0.05) is 53.2 Å². The minimum atomic E-state index is -0.0717. The average Bonchev–Trinajstić information content (AvgIpc) is 2.34. The lowest BCUT2D eigenvalue weighted by Gasteiger charge is -2.12. The molecular formula is C14H20BrNO. The van der Waals surface area contributed by atoms with E-state index in [0.29, 0.717) is 4.83 Å². The van der Waals surface area contributed by atoms with Gasteiger partial charge in [0.1, 0.15) is 0 Å². The van der Waals surface area contributed by atoms with E-state index in [4.69, 9.17) is 0 Å². The van der Waals surface area contributed by atoms with Gasteiger partial charge in [-0.05, 0) is 25.3 Å². The number of rotatable bonds is 6. The maximum absolute atomic E-state index is 11.9. The summed E-state index contributed by atoms with van der Waals surface area (Å²) in [5, 5.41) is 2.98. The lowest BCUT2D eigenvalue weighted by Crippen LogP contribution is -2.29. The highest BCUT2D eigenvalue weighted by Crippen LogP contribution is 2.14. The third-order valence-electron chi connectivity index (χ3n) is 2.77. The summed E-state index contributed by atoms with van der Waals surface area (Å²) in [6, 6.07) is 9.87. The molecule has 0 aliphatic carbocycles. The summed E-state index contributed by atoms with van der Waals surface area (Å²) in [5.41, 5.74) is 1.07. The van der Waals surface area contributed by atoms with E-state index in [9.17, 15) is 4.79 Å². The van der Waals surface area contributed by atoms with Crippen LogP contribution in [0.1, 0.15) is 38.2 Å². The van der Waals surface area contributed by atoms with Crippen molar-refractivity contribution in [1.29, 1.82) is 0 Å². The van der Waals surface area contributed by atoms with Crippen molar-refractivity contribution in [3.05, 3.63) is 35.9 Å². The molecule has 94 valence electrons. The van der Waals surface area contributed by atoms with Crippen LogP contribution in [0.15, 0.2) is 30.3 Å². The molecule has 0 aliphatic heterocycles. The van der Waals surface area contributed by atoms with E-state index in [2.05, 4.69) is 28.2 Å². The summed E-state index contributed by atoms with van der Waals surface area (Å²) < 4.78 is 0. The molecule has 0 saturated carbocycles. The first-order valence-electron chi connectivity index (χ1n) is 6.08. The first kappa shape index (κ1) is 14.2. The average molecular weight is 298 g/mol. The normalized spacial score (nSPS) is 14.1. The summed E-state index contributed by atoms with van der Waals surface area (Å²) in [5.74, 6) is 0.0380. The van der Waals surface area contributed by atoms with E-state index in [-0.39, 0.29) is 11.8 Å². The lowest BCUT2D eigenvalue weighted by atomic mass is 10.0. The van der Waals surface area contributed by atoms with E-state index in [0.717, 1.165) is 24.9 Å². The Hall–Kier alpha value is -0.830. The Morgan fingerprint density at radius 1 is 1.29 bits per heavy atom. The van der Waals surface area contributed by atoms with Crippen molar-refractivity contribution in [1.82, 2.24) is 5.32 Å². The van der Waals surface area contributed by atoms with E-state index in [1.54, 1.807) is 0 Å². The van der Waals surface area contributed by atoms with E-state index in [1.807, 2.05) is 37.3 Å². The van der Waals surface area contributed by atoms with E-state index >= 15 is 0 Å². The predicted octanol–water partition coefficient (Wildman–Crippen LogP) is 3.47. The van der Waals surface area contributed by atoms with Crippen LogP contribution in [0.3, 0.4) is 0 Å². The van der Waals surface area contributed by atoms with Crippen LogP contribution in [0.2, 0.25) is 0 Å². The Kier molecular flexibility index (Phi) is 6.27. The Balaban J connectivity index is 2.33. The molecule has 3 heteroatoms. The van der Waals surface area contributed by atoms with Gasteiger partial charge >= 0.3 is 0 Å². The fourth-order valence-electron chi connectivity index (χ4n) is 1.64. The first-order valence-corrected chi connectivity index (χ1v) is 6.99. The van der Waals surface area contributed by atoms with Crippen LogP contribution >= 0.6 is 15.9 Å². The van der Waals surface area contributed by atoms with Gasteiger partial charge in [0.05, 0.1) is 5.92 Å². The van der Waals surface area contributed by atoms with Crippen LogP contribution in [0.5, 0.6) is 0 Å². The number of hydrogen-bond donors (Lipinski definition) is 1. The van der Waals surface area contributed by atoms with Crippen LogP contribution < -0.4 is 5.32 Å². The predicted molar refractivity (Wildman–Crippen MR) is 75.5 cm³/mol. The molecule has 0 spiro atoms. The maximum atomic E-state index is 11.9. The first-order chi connectivity index (χ1) is 8.11. The van der Waals surface area contributed by atoms with Crippen molar-refractivity contribution in [2.75, 3.05) is 6.54 Å². The fourth-order valence-corrected chi connectivity index (χ4v) is 1.96. The quantitative estimate of drug-likeness (QED) is 0.632. The van der Waals surface area contributed by atoms with Gasteiger partial charge in [-0.15, -0.1) is 0 Å². The van der Waals surface area contributed by atoms with Crippen molar-refractivity contribution in [2.24, 2.45) is 0 Å². The highest BCUT2D eigenvalue weighted by atomic mass is 79.9. The third kappa shape index (κ3) is 5.35. The molecule has 0 heterocycles. The molecule has 2 atom stereocenters. The number of carbonyl (C=O) groups excluding carboxylic acids is 1. The van der Waals surface area contributed by atoms with Crippen LogP contribution in [-0.2, 0) is 4.79 Å². The van der Waals surface area contributed by atoms with Crippen molar-refractivity contribution in [3.8, 4) is 0 Å². The maximum Gasteiger partial charge on any atom is 0.227 e. The topological polar surface area (TPSA) is 29.1 Å². The van der Waals surface area contributed by atoms with Gasteiger partial charge in [0, 0.05) is 11.4 Å². The molecular weight excluding hydrogens is 278 g/mol. The van der Waals surface area contributed by atoms with Gasteiger partial charge in [0.25, 0.3) is 0 Å². The van der Waals surface area contributed by atoms with Crippen LogP contribution in [0, 0.1) is 0 Å². The summed E-state index contributed by atoms with van der Waals surface area (Å²) in [7, 11) is 0. The molecule has 1 aromatic rings. The van der Waals surface area contributed by atoms with E-state index in [1.165, 1.54) is 0 Å². The molecule has 1 rings (SSSR count). The number of alkyl halides is 1. The Bertz CT molecular complexity index is 337. The monoisotopic (exact) mass is 297 g/mol. The van der Waals surface area contributed by atoms with Crippen LogP contribution in [0.25, 0.3) is 0 Å². The Morgan fingerprint density at radius 2 is 1.94 bits per heavy atom. The van der Waals surface area contributed by atoms with Crippen LogP contribution in [0.4, 0.5) is 0 Å². The molecule has 17 heavy (non-hydrogen) atoms. The molecule has 0 fully saturated rings. The minimum absolute atomic E-state index is 0.0717. The second-order valence-corrected chi connectivity index (χ2v) is 5.91. The molecule has 2 nitrogen and oxygen atoms in total. The summed E-state index contributed by atoms with van der Waals surface area (Å²) in [6.45, 7) is 4.82. The number of nitrogens with one attached hydrogen (secondary N) is 1. The van der Waals surface area contributed by atoms with Gasteiger partial charge in [0.2, 0.25) is 5.91 Å². The van der Waals surface area contributed by atoms with Gasteiger partial charge in [-0.25, -0.2) is 0 Å². The number of halogens is 1. The van der Waals surface area contributed by atoms with Crippen molar-refractivity contribution < 1.29 is 4.79 Å². The fraction of sp³-hybridized carbons (Fsp3) is 0.500. The highest BCUT2D eigenvalue weighted by Gasteiger charge is 2.13. The second-order valence-electron chi connectivity index (χ2n) is 4.35. The number of carbonyl (C=O) groups is 1. The molecule has 0 saturated heterocycles. The third-order valence-corrected chi connectivity index (χ3v) is 3.23. The molecule has 0 aromatic heterocycles. The zero-order valence-electron chi connectivity index (χ0n) is 10.4. The van der Waals surface area contributed by atoms with Crippen molar-refractivity contribution >= 4 is 21.8 Å². The molecule has 1 amide bonds. The van der Waals surface area contributed by atoms with Crippen LogP contribution in [-0.4, -0.2) is 17.3 Å². The number of benzene rings is 1. The van der Waals surface area contributed by atoms with Crippen molar-refractivity contribution in [2.45, 2.75) is 37.4 Å². The van der Waals surface area contributed by atoms with Gasteiger partial charge < -0.3 is 5.32 Å². The zero-order valence-corrected chi connectivity index (χ0v) is 12.0. The molecule has 0 radical (unpaired) electrons. The summed E-state index contributed by atoms with van der Waals surface area (Å²) in [4.78, 5) is 12.4. The lowest BCUT2D eigenvalue weighted by molar-refractivity contribution is -0.122. The number of hydrogen-bond acceptors (Lipinski definition) is 1. The van der Waals surface area contributed by atoms with Gasteiger partial charge in [0.15, 0.2) is 0 Å². The molecule has 1 aromatic carbocycles. The highest BCUT2D eigenvalue weighted by molar-refractivity contribution is 9.09.